The SMILES string of the molecule is O=[N+]([O-])c1ccc(OCCOC2CCCCO2)cc1. The first-order chi connectivity index (χ1) is 9.25. The average Bonchev–Trinajstić information content (AvgIpc) is 2.45. The molecule has 0 aromatic heterocycles. The molecule has 1 unspecified atom stereocenters. The topological polar surface area (TPSA) is 70.8 Å². The number of hydrogen-bond acceptors (Lipinski definition) is 5. The lowest BCUT2D eigenvalue weighted by atomic mass is 10.2. The number of nitrogens with zero attached hydrogens (tertiary/aromatic N) is 1. The minimum absolute atomic E-state index is 0.0548. The first-order valence-corrected chi connectivity index (χ1v) is 6.36. The van der Waals surface area contributed by atoms with Crippen LogP contribution in [0, 0.1) is 10.1 Å². The van der Waals surface area contributed by atoms with Gasteiger partial charge in [-0.05, 0) is 31.4 Å². The molecule has 0 aliphatic carbocycles. The number of benzene rings is 1. The summed E-state index contributed by atoms with van der Waals surface area (Å²) in [7, 11) is 0. The zero-order chi connectivity index (χ0) is 13.5. The third kappa shape index (κ3) is 4.50. The van der Waals surface area contributed by atoms with Gasteiger partial charge in [0, 0.05) is 18.7 Å². The van der Waals surface area contributed by atoms with Gasteiger partial charge in [0.2, 0.25) is 0 Å². The summed E-state index contributed by atoms with van der Waals surface area (Å²) < 4.78 is 16.4. The summed E-state index contributed by atoms with van der Waals surface area (Å²) in [5.74, 6) is 0.596. The second-order valence-electron chi connectivity index (χ2n) is 4.27. The number of nitro benzene ring substituents is 1. The summed E-state index contributed by atoms with van der Waals surface area (Å²) >= 11 is 0. The lowest BCUT2D eigenvalue weighted by Crippen LogP contribution is -2.24. The van der Waals surface area contributed by atoms with E-state index in [4.69, 9.17) is 14.2 Å². The number of hydrogen-bond donors (Lipinski definition) is 0. The fourth-order valence-electron chi connectivity index (χ4n) is 1.85. The molecule has 0 amide bonds. The van der Waals surface area contributed by atoms with E-state index in [9.17, 15) is 10.1 Å². The van der Waals surface area contributed by atoms with Gasteiger partial charge in [0.15, 0.2) is 6.29 Å². The Hall–Kier alpha value is -1.66. The molecule has 1 aliphatic rings. The molecule has 1 aromatic rings. The van der Waals surface area contributed by atoms with Gasteiger partial charge in [0.25, 0.3) is 5.69 Å². The Morgan fingerprint density at radius 3 is 2.68 bits per heavy atom. The quantitative estimate of drug-likeness (QED) is 0.450. The predicted octanol–water partition coefficient (Wildman–Crippen LogP) is 2.52. The zero-order valence-electron chi connectivity index (χ0n) is 10.6. The molecule has 1 saturated heterocycles. The van der Waals surface area contributed by atoms with E-state index in [1.807, 2.05) is 0 Å². The van der Waals surface area contributed by atoms with Crippen LogP contribution >= 0.6 is 0 Å². The van der Waals surface area contributed by atoms with Gasteiger partial charge < -0.3 is 14.2 Å². The highest BCUT2D eigenvalue weighted by Crippen LogP contribution is 2.17. The van der Waals surface area contributed by atoms with Crippen molar-refractivity contribution in [2.75, 3.05) is 19.8 Å². The Kier molecular flexibility index (Phi) is 5.11. The van der Waals surface area contributed by atoms with Gasteiger partial charge in [-0.3, -0.25) is 10.1 Å². The Bertz CT molecular complexity index is 400. The van der Waals surface area contributed by atoms with Gasteiger partial charge in [0.05, 0.1) is 11.5 Å². The first kappa shape index (κ1) is 13.8. The van der Waals surface area contributed by atoms with Crippen molar-refractivity contribution >= 4 is 5.69 Å². The van der Waals surface area contributed by atoms with Crippen molar-refractivity contribution in [3.63, 3.8) is 0 Å². The lowest BCUT2D eigenvalue weighted by molar-refractivity contribution is -0.384. The van der Waals surface area contributed by atoms with Crippen molar-refractivity contribution in [2.45, 2.75) is 25.6 Å². The van der Waals surface area contributed by atoms with Crippen molar-refractivity contribution < 1.29 is 19.1 Å². The molecule has 1 atom stereocenters. The highest BCUT2D eigenvalue weighted by atomic mass is 16.7. The van der Waals surface area contributed by atoms with Gasteiger partial charge in [-0.1, -0.05) is 0 Å². The molecule has 0 bridgehead atoms. The monoisotopic (exact) mass is 267 g/mol. The van der Waals surface area contributed by atoms with Crippen LogP contribution in [0.25, 0.3) is 0 Å². The molecule has 104 valence electrons. The van der Waals surface area contributed by atoms with Gasteiger partial charge >= 0.3 is 0 Å². The summed E-state index contributed by atoms with van der Waals surface area (Å²) in [4.78, 5) is 10.0. The van der Waals surface area contributed by atoms with Crippen LogP contribution in [0.15, 0.2) is 24.3 Å². The minimum atomic E-state index is -0.437. The van der Waals surface area contributed by atoms with E-state index in [1.54, 1.807) is 12.1 Å². The van der Waals surface area contributed by atoms with E-state index in [2.05, 4.69) is 0 Å². The molecule has 0 spiro atoms. The van der Waals surface area contributed by atoms with E-state index in [0.29, 0.717) is 19.0 Å². The van der Waals surface area contributed by atoms with Crippen molar-refractivity contribution in [2.24, 2.45) is 0 Å². The molecule has 0 radical (unpaired) electrons. The molecule has 6 heteroatoms. The number of rotatable bonds is 6. The second kappa shape index (κ2) is 7.06. The van der Waals surface area contributed by atoms with Crippen LogP contribution in [0.4, 0.5) is 5.69 Å². The van der Waals surface area contributed by atoms with E-state index in [0.717, 1.165) is 25.9 Å². The van der Waals surface area contributed by atoms with Gasteiger partial charge in [-0.25, -0.2) is 0 Å². The molecule has 0 saturated carbocycles. The molecule has 1 heterocycles. The van der Waals surface area contributed by atoms with Crippen molar-refractivity contribution in [3.8, 4) is 5.75 Å². The maximum Gasteiger partial charge on any atom is 0.269 e. The molecule has 1 fully saturated rings. The third-order valence-corrected chi connectivity index (χ3v) is 2.84. The van der Waals surface area contributed by atoms with E-state index < -0.39 is 4.92 Å². The number of nitro groups is 1. The summed E-state index contributed by atoms with van der Waals surface area (Å²) in [6, 6.07) is 5.99. The molecular formula is C13H17NO5. The Morgan fingerprint density at radius 1 is 1.26 bits per heavy atom. The van der Waals surface area contributed by atoms with Crippen LogP contribution in [0.2, 0.25) is 0 Å². The molecule has 19 heavy (non-hydrogen) atoms. The maximum atomic E-state index is 10.5. The lowest BCUT2D eigenvalue weighted by Gasteiger charge is -2.22. The maximum absolute atomic E-state index is 10.5. The highest BCUT2D eigenvalue weighted by molar-refractivity contribution is 5.35. The van der Waals surface area contributed by atoms with Gasteiger partial charge in [-0.15, -0.1) is 0 Å². The van der Waals surface area contributed by atoms with E-state index in [1.165, 1.54) is 12.1 Å². The van der Waals surface area contributed by atoms with E-state index >= 15 is 0 Å². The molecule has 1 aliphatic heterocycles. The van der Waals surface area contributed by atoms with Crippen LogP contribution in [-0.4, -0.2) is 31.0 Å². The van der Waals surface area contributed by atoms with E-state index in [-0.39, 0.29) is 12.0 Å². The molecule has 0 N–H and O–H groups in total. The van der Waals surface area contributed by atoms with Crippen molar-refractivity contribution in [1.82, 2.24) is 0 Å². The summed E-state index contributed by atoms with van der Waals surface area (Å²) in [6.45, 7) is 1.60. The number of non-ortho nitro benzene ring substituents is 1. The normalized spacial score (nSPS) is 19.1. The van der Waals surface area contributed by atoms with Crippen LogP contribution in [0.3, 0.4) is 0 Å². The second-order valence-corrected chi connectivity index (χ2v) is 4.27. The molecule has 6 nitrogen and oxygen atoms in total. The van der Waals surface area contributed by atoms with Crippen LogP contribution < -0.4 is 4.74 Å². The smallest absolute Gasteiger partial charge is 0.269 e. The molecular weight excluding hydrogens is 250 g/mol. The molecule has 1 aromatic carbocycles. The standard InChI is InChI=1S/C13H17NO5/c15-14(16)11-4-6-12(7-5-11)17-9-10-19-13-3-1-2-8-18-13/h4-7,13H,1-3,8-10H2. The fourth-order valence-corrected chi connectivity index (χ4v) is 1.85. The summed E-state index contributed by atoms with van der Waals surface area (Å²) in [5.41, 5.74) is 0.0548. The van der Waals surface area contributed by atoms with Gasteiger partial charge in [0.1, 0.15) is 12.4 Å². The predicted molar refractivity (Wildman–Crippen MR) is 68.1 cm³/mol. The summed E-state index contributed by atoms with van der Waals surface area (Å²) in [6.07, 6.45) is 3.04. The number of ether oxygens (including phenoxy) is 3. The van der Waals surface area contributed by atoms with Crippen LogP contribution in [0.1, 0.15) is 19.3 Å². The first-order valence-electron chi connectivity index (χ1n) is 6.36. The fraction of sp³-hybridized carbons (Fsp3) is 0.538. The summed E-state index contributed by atoms with van der Waals surface area (Å²) in [5, 5.41) is 10.5. The Labute approximate surface area is 111 Å². The molecule has 2 rings (SSSR count). The third-order valence-electron chi connectivity index (χ3n) is 2.84. The average molecular weight is 267 g/mol. The minimum Gasteiger partial charge on any atom is -0.491 e. The van der Waals surface area contributed by atoms with Gasteiger partial charge in [-0.2, -0.15) is 0 Å². The largest absolute Gasteiger partial charge is 0.491 e. The van der Waals surface area contributed by atoms with Crippen molar-refractivity contribution in [3.05, 3.63) is 34.4 Å². The van der Waals surface area contributed by atoms with Crippen molar-refractivity contribution in [1.29, 1.82) is 0 Å². The Morgan fingerprint density at radius 2 is 2.05 bits per heavy atom. The zero-order valence-corrected chi connectivity index (χ0v) is 10.6. The van der Waals surface area contributed by atoms with Crippen LogP contribution in [0.5, 0.6) is 5.75 Å². The highest BCUT2D eigenvalue weighted by Gasteiger charge is 2.13. The van der Waals surface area contributed by atoms with Crippen LogP contribution in [-0.2, 0) is 9.47 Å². The Balaban J connectivity index is 1.66.